The first kappa shape index (κ1) is 39.9. The number of hydrogen-bond donors (Lipinski definition) is 0. The van der Waals surface area contributed by atoms with Gasteiger partial charge in [0.25, 0.3) is 0 Å². The van der Waals surface area contributed by atoms with Gasteiger partial charge in [0.2, 0.25) is 0 Å². The first-order valence-corrected chi connectivity index (χ1v) is 0. The van der Waals surface area contributed by atoms with E-state index in [9.17, 15) is 0 Å². The van der Waals surface area contributed by atoms with Crippen LogP contribution in [-0.2, 0) is 78.9 Å². The van der Waals surface area contributed by atoms with Crippen molar-refractivity contribution in [3.63, 3.8) is 0 Å². The summed E-state index contributed by atoms with van der Waals surface area (Å²) in [6, 6.07) is 0. The van der Waals surface area contributed by atoms with Crippen LogP contribution in [-0.4, -0.2) is 25.8 Å². The molecule has 0 aromatic heterocycles. The minimum atomic E-state index is 0. The van der Waals surface area contributed by atoms with E-state index in [-0.39, 0.29) is 105 Å². The maximum Gasteiger partial charge on any atom is 0 e. The van der Waals surface area contributed by atoms with Crippen LogP contribution >= 0.6 is 0 Å². The van der Waals surface area contributed by atoms with E-state index in [1.165, 1.54) is 0 Å². The molecule has 0 fully saturated rings. The zero-order valence-electron chi connectivity index (χ0n) is 1.84. The van der Waals surface area contributed by atoms with E-state index in [4.69, 9.17) is 0 Å². The first-order valence-electron chi connectivity index (χ1n) is 0. The van der Waals surface area contributed by atoms with E-state index >= 15 is 0 Å². The van der Waals surface area contributed by atoms with Gasteiger partial charge < -0.3 is 0 Å². The molecule has 0 unspecified atom stereocenters. The molecule has 0 saturated heterocycles. The van der Waals surface area contributed by atoms with Crippen LogP contribution in [0.5, 0.6) is 0 Å². The fourth-order valence-corrected chi connectivity index (χ4v) is 0. The summed E-state index contributed by atoms with van der Waals surface area (Å²) in [6.07, 6.45) is 0. The van der Waals surface area contributed by atoms with E-state index in [0.717, 1.165) is 0 Å². The molecule has 0 aromatic carbocycles. The van der Waals surface area contributed by atoms with Crippen molar-refractivity contribution in [2.24, 2.45) is 0 Å². The van der Waals surface area contributed by atoms with Crippen molar-refractivity contribution in [2.45, 2.75) is 0 Å². The molecule has 0 atom stereocenters. The molecule has 0 bridgehead atoms. The molecule has 0 nitrogen and oxygen atoms in total. The van der Waals surface area contributed by atoms with Gasteiger partial charge in [0.05, 0.1) is 0 Å². The Bertz CT molecular complexity index is 11.6. The second kappa shape index (κ2) is 26.3. The average molecular weight is 539 g/mol. The van der Waals surface area contributed by atoms with Crippen LogP contribution in [0.25, 0.3) is 0 Å². The molecule has 5 heteroatoms. The van der Waals surface area contributed by atoms with E-state index < -0.39 is 0 Å². The predicted octanol–water partition coefficient (Wildman–Crippen LogP) is -0.391. The molecule has 5 heavy (non-hydrogen) atoms. The van der Waals surface area contributed by atoms with E-state index in [1.807, 2.05) is 0 Å². The van der Waals surface area contributed by atoms with Crippen LogP contribution in [0.3, 0.4) is 0 Å². The van der Waals surface area contributed by atoms with Crippen molar-refractivity contribution in [2.75, 3.05) is 0 Å². The monoisotopic (exact) mass is 538 g/mol. The molecule has 0 rings (SSSR count). The van der Waals surface area contributed by atoms with Crippen LogP contribution in [0.1, 0.15) is 0 Å². The Labute approximate surface area is 103 Å². The molecular weight excluding hydrogens is 539 g/mol. The third-order valence-electron chi connectivity index (χ3n) is 0. The van der Waals surface area contributed by atoms with Gasteiger partial charge in [0.1, 0.15) is 0 Å². The summed E-state index contributed by atoms with van der Waals surface area (Å²) in [5.74, 6) is 0. The zero-order chi connectivity index (χ0) is 0. The van der Waals surface area contributed by atoms with Crippen LogP contribution in [0.4, 0.5) is 0 Å². The van der Waals surface area contributed by atoms with Crippen LogP contribution in [0.15, 0.2) is 0 Å². The molecule has 6 radical (unpaired) electrons. The summed E-state index contributed by atoms with van der Waals surface area (Å²) in [5, 5.41) is 0. The van der Waals surface area contributed by atoms with E-state index in [0.29, 0.717) is 0 Å². The minimum absolute atomic E-state index is 0. The molecule has 0 aliphatic heterocycles. The predicted molar refractivity (Wildman–Crippen MR) is 5.75 cm³/mol. The third-order valence-corrected chi connectivity index (χ3v) is 0. The Balaban J connectivity index is 0. The third kappa shape index (κ3) is 18.7. The fraction of sp³-hybridized carbons (Fsp3) is 0. The smallest absolute Gasteiger partial charge is 0 e. The second-order valence-corrected chi connectivity index (χ2v) is 0. The molecule has 0 spiro atoms. The fourth-order valence-electron chi connectivity index (χ4n) is 0. The van der Waals surface area contributed by atoms with Gasteiger partial charge in [-0.1, -0.05) is 0 Å². The van der Waals surface area contributed by atoms with Crippen molar-refractivity contribution in [3.8, 4) is 0 Å². The Hall–Kier alpha value is 3.39. The molecule has 0 heterocycles. The number of rotatable bonds is 0. The molecule has 0 aliphatic carbocycles. The van der Waals surface area contributed by atoms with Gasteiger partial charge in [0.15, 0.2) is 0 Å². The van der Waals surface area contributed by atoms with Gasteiger partial charge in [-0.3, -0.25) is 0 Å². The summed E-state index contributed by atoms with van der Waals surface area (Å²) < 4.78 is 0. The Morgan fingerprint density at radius 2 is 1.00 bits per heavy atom. The van der Waals surface area contributed by atoms with Crippen LogP contribution < -0.4 is 0 Å². The largest absolute Gasteiger partial charge is 0 e. The van der Waals surface area contributed by atoms with Crippen molar-refractivity contribution in [1.29, 1.82) is 0 Å². The maximum atomic E-state index is 0. The Kier molecular flexibility index (Phi) is 209. The van der Waals surface area contributed by atoms with E-state index in [1.54, 1.807) is 0 Å². The normalized spacial score (nSPS) is 0. The van der Waals surface area contributed by atoms with Gasteiger partial charge in [-0.2, -0.15) is 0 Å². The molecule has 0 aliphatic rings. The van der Waals surface area contributed by atoms with Gasteiger partial charge >= 0.3 is 0 Å². The van der Waals surface area contributed by atoms with Crippen molar-refractivity contribution in [1.82, 2.24) is 0 Å². The van der Waals surface area contributed by atoms with Gasteiger partial charge in [-0.25, -0.2) is 0 Å². The van der Waals surface area contributed by atoms with Gasteiger partial charge in [-0.15, -0.1) is 0 Å². The molecule has 0 aromatic rings. The average Bonchev–Trinajstić information content (AvgIpc) is 0. The number of hydrogen-bond acceptors (Lipinski definition) is 0. The first-order chi connectivity index (χ1) is 0. The standard InChI is InChI=1S/Ag.Au.Cu.Fe.In. The van der Waals surface area contributed by atoms with Crippen molar-refractivity contribution < 1.29 is 78.9 Å². The van der Waals surface area contributed by atoms with Crippen molar-refractivity contribution in [3.05, 3.63) is 0 Å². The molecule has 0 amide bonds. The van der Waals surface area contributed by atoms with E-state index in [2.05, 4.69) is 0 Å². The Morgan fingerprint density at radius 3 is 1.00 bits per heavy atom. The molecule has 0 N–H and O–H groups in total. The Morgan fingerprint density at radius 1 is 1.00 bits per heavy atom. The minimum Gasteiger partial charge on any atom is 0 e. The topological polar surface area (TPSA) is 0 Å². The summed E-state index contributed by atoms with van der Waals surface area (Å²) in [6.45, 7) is 0. The van der Waals surface area contributed by atoms with Gasteiger partial charge in [-0.05, 0) is 0 Å². The van der Waals surface area contributed by atoms with Crippen LogP contribution in [0, 0.1) is 0 Å². The quantitative estimate of drug-likeness (QED) is 0.369. The summed E-state index contributed by atoms with van der Waals surface area (Å²) in [7, 11) is 0. The van der Waals surface area contributed by atoms with Gasteiger partial charge in [0, 0.05) is 105 Å². The zero-order valence-corrected chi connectivity index (χ0v) is 10.8. The SMILES string of the molecule is [Ag].[Au].[Cu].[Fe].[In]. The second-order valence-electron chi connectivity index (χ2n) is 0. The molecular formula is AgAuCuFeIn. The summed E-state index contributed by atoms with van der Waals surface area (Å²) in [4.78, 5) is 0. The molecule has 44 valence electrons. The summed E-state index contributed by atoms with van der Waals surface area (Å²) >= 11 is 0. The molecule has 0 saturated carbocycles. The summed E-state index contributed by atoms with van der Waals surface area (Å²) in [5.41, 5.74) is 0. The van der Waals surface area contributed by atoms with Crippen molar-refractivity contribution >= 4 is 25.8 Å². The van der Waals surface area contributed by atoms with Crippen LogP contribution in [0.2, 0.25) is 0 Å². The maximum absolute atomic E-state index is 0.